The van der Waals surface area contributed by atoms with Crippen molar-refractivity contribution in [1.29, 1.82) is 0 Å². The molecule has 0 unspecified atom stereocenters. The zero-order valence-electron chi connectivity index (χ0n) is 14.8. The van der Waals surface area contributed by atoms with E-state index < -0.39 is 0 Å². The molecule has 0 aliphatic rings. The van der Waals surface area contributed by atoms with Crippen LogP contribution in [0.1, 0.15) is 36.9 Å². The highest BCUT2D eigenvalue weighted by molar-refractivity contribution is 5.54. The Hall–Kier alpha value is -2.54. The van der Waals surface area contributed by atoms with Crippen molar-refractivity contribution in [2.24, 2.45) is 0 Å². The van der Waals surface area contributed by atoms with E-state index >= 15 is 0 Å². The fourth-order valence-corrected chi connectivity index (χ4v) is 2.66. The summed E-state index contributed by atoms with van der Waals surface area (Å²) < 4.78 is 20.9. The van der Waals surface area contributed by atoms with E-state index in [0.29, 0.717) is 22.8 Å². The first-order valence-corrected chi connectivity index (χ1v) is 8.27. The quantitative estimate of drug-likeness (QED) is 0.743. The van der Waals surface area contributed by atoms with Gasteiger partial charge in [0, 0.05) is 17.8 Å². The summed E-state index contributed by atoms with van der Waals surface area (Å²) in [7, 11) is 0. The lowest BCUT2D eigenvalue weighted by Gasteiger charge is -2.17. The molecular formula is C18H22FN5O. The molecule has 2 atom stereocenters. The Morgan fingerprint density at radius 1 is 1.28 bits per heavy atom. The van der Waals surface area contributed by atoms with Crippen LogP contribution in [0.25, 0.3) is 11.4 Å². The van der Waals surface area contributed by atoms with Crippen LogP contribution in [-0.4, -0.2) is 26.0 Å². The molecule has 0 radical (unpaired) electrons. The largest absolute Gasteiger partial charge is 0.337 e. The van der Waals surface area contributed by atoms with Gasteiger partial charge in [-0.25, -0.2) is 4.39 Å². The maximum absolute atomic E-state index is 13.7. The molecule has 0 saturated carbocycles. The number of nitrogens with one attached hydrogen (secondary N) is 1. The fourth-order valence-electron chi connectivity index (χ4n) is 2.66. The van der Waals surface area contributed by atoms with E-state index in [-0.39, 0.29) is 17.9 Å². The molecule has 7 heteroatoms. The highest BCUT2D eigenvalue weighted by atomic mass is 19.1. The molecule has 0 aliphatic heterocycles. The molecular weight excluding hydrogens is 321 g/mol. The average molecular weight is 343 g/mol. The Balaban J connectivity index is 1.65. The molecule has 3 aromatic rings. The normalized spacial score (nSPS) is 13.8. The van der Waals surface area contributed by atoms with E-state index in [1.54, 1.807) is 19.1 Å². The van der Waals surface area contributed by atoms with Gasteiger partial charge in [0.05, 0.1) is 18.8 Å². The van der Waals surface area contributed by atoms with Crippen molar-refractivity contribution in [3.63, 3.8) is 0 Å². The van der Waals surface area contributed by atoms with Gasteiger partial charge in [0.1, 0.15) is 5.82 Å². The lowest BCUT2D eigenvalue weighted by Crippen LogP contribution is -2.33. The van der Waals surface area contributed by atoms with E-state index in [4.69, 9.17) is 4.52 Å². The van der Waals surface area contributed by atoms with Crippen LogP contribution in [0.5, 0.6) is 0 Å². The average Bonchev–Trinajstić information content (AvgIpc) is 3.19. The van der Waals surface area contributed by atoms with Crippen LogP contribution >= 0.6 is 0 Å². The van der Waals surface area contributed by atoms with Gasteiger partial charge in [-0.2, -0.15) is 10.1 Å². The maximum Gasteiger partial charge on any atom is 0.243 e. The second-order valence-electron chi connectivity index (χ2n) is 6.45. The molecule has 0 spiro atoms. The number of hydrogen-bond acceptors (Lipinski definition) is 5. The van der Waals surface area contributed by atoms with Crippen molar-refractivity contribution in [3.05, 3.63) is 53.4 Å². The third kappa shape index (κ3) is 4.11. The first kappa shape index (κ1) is 17.3. The van der Waals surface area contributed by atoms with Gasteiger partial charge in [-0.15, -0.1) is 0 Å². The van der Waals surface area contributed by atoms with Gasteiger partial charge in [0.25, 0.3) is 0 Å². The molecule has 0 aliphatic carbocycles. The van der Waals surface area contributed by atoms with Crippen LogP contribution < -0.4 is 5.32 Å². The topological polar surface area (TPSA) is 68.8 Å². The van der Waals surface area contributed by atoms with Gasteiger partial charge in [-0.05, 0) is 44.9 Å². The number of benzene rings is 1. The highest BCUT2D eigenvalue weighted by Gasteiger charge is 2.18. The van der Waals surface area contributed by atoms with Gasteiger partial charge >= 0.3 is 0 Å². The van der Waals surface area contributed by atoms with E-state index in [9.17, 15) is 4.39 Å². The minimum atomic E-state index is -0.279. The second-order valence-corrected chi connectivity index (χ2v) is 6.45. The first-order valence-electron chi connectivity index (χ1n) is 8.27. The number of nitrogens with zero attached hydrogens (tertiary/aromatic N) is 4. The lowest BCUT2D eigenvalue weighted by atomic mass is 10.1. The van der Waals surface area contributed by atoms with Crippen LogP contribution in [0.2, 0.25) is 0 Å². The van der Waals surface area contributed by atoms with E-state index in [1.807, 2.05) is 30.9 Å². The van der Waals surface area contributed by atoms with Gasteiger partial charge < -0.3 is 9.84 Å². The Kier molecular flexibility index (Phi) is 4.94. The predicted molar refractivity (Wildman–Crippen MR) is 92.4 cm³/mol. The SMILES string of the molecule is Cc1cnn(C[C@H](C)N[C@H](C)c2nc(-c3ccc(C)c(F)c3)no2)c1. The minimum absolute atomic E-state index is 0.122. The predicted octanol–water partition coefficient (Wildman–Crippen LogP) is 3.43. The third-order valence-electron chi connectivity index (χ3n) is 4.00. The number of hydrogen-bond donors (Lipinski definition) is 1. The molecule has 0 bridgehead atoms. The van der Waals surface area contributed by atoms with Crippen LogP contribution in [0.15, 0.2) is 35.1 Å². The first-order chi connectivity index (χ1) is 11.9. The van der Waals surface area contributed by atoms with Crippen molar-refractivity contribution in [1.82, 2.24) is 25.2 Å². The van der Waals surface area contributed by atoms with E-state index in [1.165, 1.54) is 6.07 Å². The van der Waals surface area contributed by atoms with Crippen LogP contribution in [0, 0.1) is 19.7 Å². The van der Waals surface area contributed by atoms with Crippen LogP contribution in [0.4, 0.5) is 4.39 Å². The number of rotatable bonds is 6. The van der Waals surface area contributed by atoms with Crippen molar-refractivity contribution < 1.29 is 8.91 Å². The summed E-state index contributed by atoms with van der Waals surface area (Å²) in [4.78, 5) is 4.39. The molecule has 2 aromatic heterocycles. The number of halogens is 1. The zero-order chi connectivity index (χ0) is 18.0. The zero-order valence-corrected chi connectivity index (χ0v) is 14.8. The van der Waals surface area contributed by atoms with Crippen molar-refractivity contribution >= 4 is 0 Å². The van der Waals surface area contributed by atoms with Crippen molar-refractivity contribution in [3.8, 4) is 11.4 Å². The summed E-state index contributed by atoms with van der Waals surface area (Å²) in [5, 5.41) is 11.7. The van der Waals surface area contributed by atoms with Crippen molar-refractivity contribution in [2.75, 3.05) is 0 Å². The summed E-state index contributed by atoms with van der Waals surface area (Å²) >= 11 is 0. The fraction of sp³-hybridized carbons (Fsp3) is 0.389. The second kappa shape index (κ2) is 7.14. The number of aryl methyl sites for hydroxylation is 2. The molecule has 132 valence electrons. The minimum Gasteiger partial charge on any atom is -0.337 e. The summed E-state index contributed by atoms with van der Waals surface area (Å²) in [6.45, 7) is 8.49. The smallest absolute Gasteiger partial charge is 0.243 e. The van der Waals surface area contributed by atoms with Gasteiger partial charge in [-0.1, -0.05) is 17.3 Å². The van der Waals surface area contributed by atoms with Gasteiger partial charge in [0.15, 0.2) is 0 Å². The highest BCUT2D eigenvalue weighted by Crippen LogP contribution is 2.21. The summed E-state index contributed by atoms with van der Waals surface area (Å²) in [6.07, 6.45) is 3.83. The van der Waals surface area contributed by atoms with Gasteiger partial charge in [0.2, 0.25) is 11.7 Å². The molecule has 6 nitrogen and oxygen atoms in total. The number of aromatic nitrogens is 4. The molecule has 0 saturated heterocycles. The molecule has 1 aromatic carbocycles. The third-order valence-corrected chi connectivity index (χ3v) is 4.00. The van der Waals surface area contributed by atoms with E-state index in [0.717, 1.165) is 12.1 Å². The summed E-state index contributed by atoms with van der Waals surface area (Å²) in [5.74, 6) is 0.579. The Morgan fingerprint density at radius 2 is 2.08 bits per heavy atom. The molecule has 1 N–H and O–H groups in total. The monoisotopic (exact) mass is 343 g/mol. The summed E-state index contributed by atoms with van der Waals surface area (Å²) in [5.41, 5.74) is 2.32. The van der Waals surface area contributed by atoms with Crippen molar-refractivity contribution in [2.45, 2.75) is 46.3 Å². The Morgan fingerprint density at radius 3 is 2.76 bits per heavy atom. The van der Waals surface area contributed by atoms with Crippen LogP contribution in [-0.2, 0) is 6.54 Å². The standard InChI is InChI=1S/C18H22FN5O/c1-11-8-20-24(9-11)10-13(3)21-14(4)18-22-17(23-25-18)15-6-5-12(2)16(19)7-15/h5-9,13-14,21H,10H2,1-4H3/t13-,14+/m0/s1. The van der Waals surface area contributed by atoms with Crippen LogP contribution in [0.3, 0.4) is 0 Å². The Bertz CT molecular complexity index is 857. The van der Waals surface area contributed by atoms with E-state index in [2.05, 4.69) is 27.5 Å². The molecule has 0 fully saturated rings. The summed E-state index contributed by atoms with van der Waals surface area (Å²) in [6, 6.07) is 4.96. The molecule has 2 heterocycles. The maximum atomic E-state index is 13.7. The molecule has 25 heavy (non-hydrogen) atoms. The Labute approximate surface area is 146 Å². The van der Waals surface area contributed by atoms with Gasteiger partial charge in [-0.3, -0.25) is 4.68 Å². The molecule has 3 rings (SSSR count). The lowest BCUT2D eigenvalue weighted by molar-refractivity contribution is 0.316. The molecule has 0 amide bonds.